The number of nitrogens with one attached hydrogen (secondary N) is 1. The molecule has 1 unspecified atom stereocenters. The molecule has 1 fully saturated rings. The summed E-state index contributed by atoms with van der Waals surface area (Å²) in [5, 5.41) is 2.34. The summed E-state index contributed by atoms with van der Waals surface area (Å²) in [6.45, 7) is 8.09. The van der Waals surface area contributed by atoms with Gasteiger partial charge in [-0.1, -0.05) is 41.9 Å². The molecule has 40 heavy (non-hydrogen) atoms. The zero-order valence-electron chi connectivity index (χ0n) is 23.0. The Balaban J connectivity index is 1.79. The van der Waals surface area contributed by atoms with E-state index in [9.17, 15) is 23.6 Å². The number of hydrogen-bond acceptors (Lipinski definition) is 7. The van der Waals surface area contributed by atoms with Crippen LogP contribution in [-0.4, -0.2) is 83.1 Å². The standard InChI is InChI=1S/C28H34ClFN4O6/c1-5-39-27(38)34-15-13-33(14-16-34)26(37)20(11-12-22(35)40-28(2,3)4)32-25(36)21-17-19(29)23(30)24(31-21)18-9-7-6-8-10-18/h6-10,17,20H,5,11-16H2,1-4H3,(H,32,36). The molecular formula is C28H34ClFN4O6. The van der Waals surface area contributed by atoms with E-state index in [1.807, 2.05) is 0 Å². The Labute approximate surface area is 237 Å². The molecule has 1 N–H and O–H groups in total. The minimum absolute atomic E-state index is 0.0436. The maximum atomic E-state index is 14.8. The second kappa shape index (κ2) is 13.6. The number of carbonyl (C=O) groups is 4. The molecule has 1 aromatic heterocycles. The molecule has 2 aromatic rings. The highest BCUT2D eigenvalue weighted by Crippen LogP contribution is 2.27. The summed E-state index contributed by atoms with van der Waals surface area (Å²) >= 11 is 6.09. The minimum atomic E-state index is -1.11. The third-order valence-corrected chi connectivity index (χ3v) is 6.25. The molecule has 12 heteroatoms. The molecule has 1 aliphatic rings. The molecule has 0 saturated carbocycles. The first-order chi connectivity index (χ1) is 18.9. The van der Waals surface area contributed by atoms with Crippen LogP contribution in [0.25, 0.3) is 11.3 Å². The third kappa shape index (κ3) is 8.38. The largest absolute Gasteiger partial charge is 0.460 e. The van der Waals surface area contributed by atoms with E-state index in [0.29, 0.717) is 5.56 Å². The topological polar surface area (TPSA) is 118 Å². The van der Waals surface area contributed by atoms with Crippen molar-refractivity contribution in [3.05, 3.63) is 52.9 Å². The second-order valence-corrected chi connectivity index (χ2v) is 10.6. The van der Waals surface area contributed by atoms with Gasteiger partial charge in [0.2, 0.25) is 5.91 Å². The number of halogens is 2. The Bertz CT molecular complexity index is 1230. The molecule has 2 heterocycles. The van der Waals surface area contributed by atoms with Crippen molar-refractivity contribution in [2.45, 2.75) is 52.2 Å². The lowest BCUT2D eigenvalue weighted by molar-refractivity contribution is -0.155. The van der Waals surface area contributed by atoms with Crippen LogP contribution in [0, 0.1) is 5.82 Å². The number of carbonyl (C=O) groups excluding carboxylic acids is 4. The fourth-order valence-corrected chi connectivity index (χ4v) is 4.28. The highest BCUT2D eigenvalue weighted by atomic mass is 35.5. The van der Waals surface area contributed by atoms with Gasteiger partial charge >= 0.3 is 12.1 Å². The van der Waals surface area contributed by atoms with Crippen LogP contribution in [0.1, 0.15) is 51.0 Å². The lowest BCUT2D eigenvalue weighted by atomic mass is 10.1. The average molecular weight is 577 g/mol. The molecule has 216 valence electrons. The van der Waals surface area contributed by atoms with Gasteiger partial charge in [-0.25, -0.2) is 14.2 Å². The predicted octanol–water partition coefficient (Wildman–Crippen LogP) is 4.06. The maximum absolute atomic E-state index is 14.8. The molecule has 3 amide bonds. The van der Waals surface area contributed by atoms with Gasteiger partial charge in [0.05, 0.1) is 11.6 Å². The van der Waals surface area contributed by atoms with Crippen LogP contribution in [0.3, 0.4) is 0 Å². The van der Waals surface area contributed by atoms with Crippen LogP contribution in [-0.2, 0) is 19.1 Å². The molecule has 0 bridgehead atoms. The average Bonchev–Trinajstić information content (AvgIpc) is 2.91. The zero-order chi connectivity index (χ0) is 29.4. The first-order valence-electron chi connectivity index (χ1n) is 13.0. The number of esters is 1. The van der Waals surface area contributed by atoms with Gasteiger partial charge in [0.1, 0.15) is 23.0 Å². The number of nitrogens with zero attached hydrogens (tertiary/aromatic N) is 3. The summed E-state index contributed by atoms with van der Waals surface area (Å²) in [5.74, 6) is -2.49. The molecule has 10 nitrogen and oxygen atoms in total. The Morgan fingerprint density at radius 3 is 2.30 bits per heavy atom. The summed E-state index contributed by atoms with van der Waals surface area (Å²) in [4.78, 5) is 58.4. The molecule has 0 aliphatic carbocycles. The molecule has 3 rings (SSSR count). The van der Waals surface area contributed by atoms with Crippen molar-refractivity contribution in [3.8, 4) is 11.3 Å². The molecule has 0 spiro atoms. The van der Waals surface area contributed by atoms with Crippen LogP contribution in [0.2, 0.25) is 5.02 Å². The molecule has 1 atom stereocenters. The van der Waals surface area contributed by atoms with Gasteiger partial charge in [0, 0.05) is 38.2 Å². The third-order valence-electron chi connectivity index (χ3n) is 5.97. The van der Waals surface area contributed by atoms with Crippen molar-refractivity contribution in [2.24, 2.45) is 0 Å². The maximum Gasteiger partial charge on any atom is 0.409 e. The van der Waals surface area contributed by atoms with Gasteiger partial charge < -0.3 is 24.6 Å². The molecule has 0 radical (unpaired) electrons. The minimum Gasteiger partial charge on any atom is -0.460 e. The highest BCUT2D eigenvalue weighted by molar-refractivity contribution is 6.31. The van der Waals surface area contributed by atoms with E-state index in [-0.39, 0.29) is 62.0 Å². The number of rotatable bonds is 8. The fourth-order valence-electron chi connectivity index (χ4n) is 4.09. The Morgan fingerprint density at radius 2 is 1.70 bits per heavy atom. The van der Waals surface area contributed by atoms with E-state index in [0.717, 1.165) is 6.07 Å². The molecule has 1 aromatic carbocycles. The van der Waals surface area contributed by atoms with E-state index >= 15 is 0 Å². The van der Waals surface area contributed by atoms with E-state index < -0.39 is 41.3 Å². The van der Waals surface area contributed by atoms with E-state index in [2.05, 4.69) is 10.3 Å². The van der Waals surface area contributed by atoms with Crippen LogP contribution in [0.5, 0.6) is 0 Å². The lowest BCUT2D eigenvalue weighted by Gasteiger charge is -2.36. The van der Waals surface area contributed by atoms with Gasteiger partial charge in [-0.2, -0.15) is 0 Å². The fraction of sp³-hybridized carbons (Fsp3) is 0.464. The lowest BCUT2D eigenvalue weighted by Crippen LogP contribution is -2.56. The van der Waals surface area contributed by atoms with Crippen molar-refractivity contribution >= 4 is 35.5 Å². The number of amides is 3. The number of aromatic nitrogens is 1. The van der Waals surface area contributed by atoms with Crippen LogP contribution in [0.15, 0.2) is 36.4 Å². The SMILES string of the molecule is CCOC(=O)N1CCN(C(=O)C(CCC(=O)OC(C)(C)C)NC(=O)c2cc(Cl)c(F)c(-c3ccccc3)n2)CC1. The van der Waals surface area contributed by atoms with E-state index in [1.54, 1.807) is 58.0 Å². The van der Waals surface area contributed by atoms with Crippen molar-refractivity contribution in [1.82, 2.24) is 20.1 Å². The van der Waals surface area contributed by atoms with Gasteiger partial charge in [0.25, 0.3) is 5.91 Å². The van der Waals surface area contributed by atoms with Crippen molar-refractivity contribution in [1.29, 1.82) is 0 Å². The van der Waals surface area contributed by atoms with Crippen LogP contribution >= 0.6 is 11.6 Å². The van der Waals surface area contributed by atoms with E-state index in [4.69, 9.17) is 21.1 Å². The number of ether oxygens (including phenoxy) is 2. The van der Waals surface area contributed by atoms with Crippen LogP contribution in [0.4, 0.5) is 9.18 Å². The summed E-state index contributed by atoms with van der Waals surface area (Å²) in [5.41, 5.74) is -0.586. The normalized spacial score (nSPS) is 14.3. The summed E-state index contributed by atoms with van der Waals surface area (Å²) < 4.78 is 25.1. The van der Waals surface area contributed by atoms with Gasteiger partial charge in [-0.05, 0) is 40.2 Å². The van der Waals surface area contributed by atoms with Crippen LogP contribution < -0.4 is 5.32 Å². The highest BCUT2D eigenvalue weighted by Gasteiger charge is 2.32. The zero-order valence-corrected chi connectivity index (χ0v) is 23.8. The summed E-state index contributed by atoms with van der Waals surface area (Å²) in [7, 11) is 0. The first-order valence-corrected chi connectivity index (χ1v) is 13.4. The Hall–Kier alpha value is -3.73. The monoisotopic (exact) mass is 576 g/mol. The Kier molecular flexibility index (Phi) is 10.4. The van der Waals surface area contributed by atoms with E-state index in [1.165, 1.54) is 9.80 Å². The number of hydrogen-bond donors (Lipinski definition) is 1. The molecule has 1 saturated heterocycles. The quantitative estimate of drug-likeness (QED) is 0.471. The van der Waals surface area contributed by atoms with Crippen molar-refractivity contribution in [2.75, 3.05) is 32.8 Å². The molecule has 1 aliphatic heterocycles. The summed E-state index contributed by atoms with van der Waals surface area (Å²) in [6, 6.07) is 8.40. The Morgan fingerprint density at radius 1 is 1.07 bits per heavy atom. The smallest absolute Gasteiger partial charge is 0.409 e. The summed E-state index contributed by atoms with van der Waals surface area (Å²) in [6.07, 6.45) is -0.639. The van der Waals surface area contributed by atoms with Crippen molar-refractivity contribution in [3.63, 3.8) is 0 Å². The molecular weight excluding hydrogens is 543 g/mol. The first kappa shape index (κ1) is 30.8. The number of benzene rings is 1. The second-order valence-electron chi connectivity index (χ2n) is 10.2. The number of pyridine rings is 1. The van der Waals surface area contributed by atoms with Gasteiger partial charge in [-0.3, -0.25) is 14.4 Å². The number of piperazine rings is 1. The van der Waals surface area contributed by atoms with Crippen molar-refractivity contribution < 1.29 is 33.0 Å². The van der Waals surface area contributed by atoms with Gasteiger partial charge in [-0.15, -0.1) is 0 Å². The predicted molar refractivity (Wildman–Crippen MR) is 146 cm³/mol. The van der Waals surface area contributed by atoms with Gasteiger partial charge in [0.15, 0.2) is 5.82 Å².